The molecule has 0 aliphatic rings. The zero-order valence-electron chi connectivity index (χ0n) is 41.4. The number of hydrogen-bond donors (Lipinski definition) is 3. The Kier molecular flexibility index (Phi) is 50.5. The predicted octanol–water partition coefficient (Wildman–Crippen LogP) is 16.7. The molecule has 0 spiro atoms. The Labute approximate surface area is 381 Å². The standard InChI is InChI=1S/C55H109NO5/c1-3-5-7-9-11-13-28-33-37-41-45-49-55(60)61-50-46-42-38-34-30-27-25-23-21-19-17-15-14-16-18-20-22-24-26-29-32-36-40-44-48-54(59)56-52(51-57)53(58)47-43-39-35-31-12-10-8-6-4-2/h52-53,57-58H,3-51H2,1-2H3,(H,56,59). The van der Waals surface area contributed by atoms with E-state index < -0.39 is 12.1 Å². The van der Waals surface area contributed by atoms with Crippen molar-refractivity contribution in [3.63, 3.8) is 0 Å². The normalized spacial score (nSPS) is 12.5. The Balaban J connectivity index is 3.32. The molecule has 0 saturated carbocycles. The number of nitrogens with one attached hydrogen (secondary N) is 1. The fourth-order valence-corrected chi connectivity index (χ4v) is 8.88. The van der Waals surface area contributed by atoms with E-state index in [9.17, 15) is 19.8 Å². The van der Waals surface area contributed by atoms with Crippen molar-refractivity contribution in [2.75, 3.05) is 13.2 Å². The molecule has 0 rings (SSSR count). The van der Waals surface area contributed by atoms with E-state index in [0.717, 1.165) is 38.5 Å². The largest absolute Gasteiger partial charge is 0.466 e. The third-order valence-electron chi connectivity index (χ3n) is 13.2. The number of rotatable bonds is 52. The quantitative estimate of drug-likeness (QED) is 0.0418. The maximum Gasteiger partial charge on any atom is 0.305 e. The molecule has 0 aromatic rings. The van der Waals surface area contributed by atoms with Crippen molar-refractivity contribution in [2.45, 2.75) is 328 Å². The minimum atomic E-state index is -0.659. The Morgan fingerprint density at radius 2 is 0.672 bits per heavy atom. The number of carbonyl (C=O) groups excluding carboxylic acids is 2. The van der Waals surface area contributed by atoms with Crippen LogP contribution in [0.1, 0.15) is 316 Å². The minimum absolute atomic E-state index is 0.0155. The molecule has 6 heteroatoms. The van der Waals surface area contributed by atoms with Gasteiger partial charge in [-0.05, 0) is 25.7 Å². The maximum atomic E-state index is 12.4. The van der Waals surface area contributed by atoms with Gasteiger partial charge in [-0.1, -0.05) is 277 Å². The fourth-order valence-electron chi connectivity index (χ4n) is 8.88. The lowest BCUT2D eigenvalue weighted by Gasteiger charge is -2.22. The maximum absolute atomic E-state index is 12.4. The van der Waals surface area contributed by atoms with Crippen molar-refractivity contribution in [3.8, 4) is 0 Å². The van der Waals surface area contributed by atoms with Crippen LogP contribution in [0.25, 0.3) is 0 Å². The number of aliphatic hydroxyl groups is 2. The van der Waals surface area contributed by atoms with Crippen molar-refractivity contribution in [3.05, 3.63) is 0 Å². The highest BCUT2D eigenvalue weighted by Crippen LogP contribution is 2.18. The first-order valence-electron chi connectivity index (χ1n) is 27.8. The van der Waals surface area contributed by atoms with Crippen molar-refractivity contribution in [2.24, 2.45) is 0 Å². The van der Waals surface area contributed by atoms with Crippen molar-refractivity contribution in [1.82, 2.24) is 5.32 Å². The lowest BCUT2D eigenvalue weighted by Crippen LogP contribution is -2.45. The third kappa shape index (κ3) is 48.2. The van der Waals surface area contributed by atoms with Crippen LogP contribution in [0.15, 0.2) is 0 Å². The second kappa shape index (κ2) is 51.5. The van der Waals surface area contributed by atoms with Crippen LogP contribution in [-0.2, 0) is 14.3 Å². The van der Waals surface area contributed by atoms with Gasteiger partial charge in [0.1, 0.15) is 0 Å². The van der Waals surface area contributed by atoms with Gasteiger partial charge in [0, 0.05) is 12.8 Å². The molecule has 61 heavy (non-hydrogen) atoms. The summed E-state index contributed by atoms with van der Waals surface area (Å²) in [6.45, 7) is 4.94. The number of ether oxygens (including phenoxy) is 1. The highest BCUT2D eigenvalue weighted by Gasteiger charge is 2.20. The van der Waals surface area contributed by atoms with E-state index in [1.165, 1.54) is 244 Å². The number of carbonyl (C=O) groups is 2. The number of esters is 1. The third-order valence-corrected chi connectivity index (χ3v) is 13.2. The Morgan fingerprint density at radius 3 is 1.00 bits per heavy atom. The summed E-state index contributed by atoms with van der Waals surface area (Å²) in [6, 6.07) is -0.536. The summed E-state index contributed by atoms with van der Waals surface area (Å²) in [4.78, 5) is 24.4. The molecule has 0 aliphatic heterocycles. The minimum Gasteiger partial charge on any atom is -0.466 e. The van der Waals surface area contributed by atoms with Crippen molar-refractivity contribution in [1.29, 1.82) is 0 Å². The monoisotopic (exact) mass is 864 g/mol. The average molecular weight is 864 g/mol. The first kappa shape index (κ1) is 59.9. The van der Waals surface area contributed by atoms with Crippen LogP contribution < -0.4 is 5.32 Å². The molecule has 2 unspecified atom stereocenters. The highest BCUT2D eigenvalue weighted by atomic mass is 16.5. The summed E-state index contributed by atoms with van der Waals surface area (Å²) >= 11 is 0. The van der Waals surface area contributed by atoms with Gasteiger partial charge in [0.05, 0.1) is 25.4 Å². The molecule has 0 saturated heterocycles. The van der Waals surface area contributed by atoms with E-state index in [1.807, 2.05) is 0 Å². The van der Waals surface area contributed by atoms with E-state index in [4.69, 9.17) is 4.74 Å². The summed E-state index contributed by atoms with van der Waals surface area (Å²) in [5.41, 5.74) is 0. The van der Waals surface area contributed by atoms with Gasteiger partial charge in [0.15, 0.2) is 0 Å². The molecule has 0 aromatic carbocycles. The summed E-state index contributed by atoms with van der Waals surface area (Å²) in [5, 5.41) is 23.1. The second-order valence-electron chi connectivity index (χ2n) is 19.3. The number of unbranched alkanes of at least 4 members (excludes halogenated alkanes) is 41. The SMILES string of the molecule is CCCCCCCCCCCCCC(=O)OCCCCCCCCCCCCCCCCCCCCCCCCCCC(=O)NC(CO)C(O)CCCCCCCCCCC. The van der Waals surface area contributed by atoms with Crippen LogP contribution in [0.2, 0.25) is 0 Å². The molecular weight excluding hydrogens is 755 g/mol. The zero-order valence-corrected chi connectivity index (χ0v) is 41.4. The predicted molar refractivity (Wildman–Crippen MR) is 264 cm³/mol. The van der Waals surface area contributed by atoms with E-state index >= 15 is 0 Å². The van der Waals surface area contributed by atoms with Gasteiger partial charge in [0.2, 0.25) is 5.91 Å². The van der Waals surface area contributed by atoms with Gasteiger partial charge < -0.3 is 20.3 Å². The molecule has 0 radical (unpaired) electrons. The smallest absolute Gasteiger partial charge is 0.305 e. The molecule has 0 aliphatic carbocycles. The summed E-state index contributed by atoms with van der Waals surface area (Å²) in [5.74, 6) is -0.0194. The first-order valence-corrected chi connectivity index (χ1v) is 27.8. The number of aliphatic hydroxyl groups excluding tert-OH is 2. The molecule has 0 fully saturated rings. The van der Waals surface area contributed by atoms with Crippen LogP contribution in [-0.4, -0.2) is 47.4 Å². The molecule has 0 aromatic heterocycles. The molecule has 3 N–H and O–H groups in total. The van der Waals surface area contributed by atoms with Crippen LogP contribution in [0.5, 0.6) is 0 Å². The van der Waals surface area contributed by atoms with Crippen LogP contribution in [0.3, 0.4) is 0 Å². The van der Waals surface area contributed by atoms with Crippen molar-refractivity contribution < 1.29 is 24.5 Å². The van der Waals surface area contributed by atoms with E-state index in [2.05, 4.69) is 19.2 Å². The molecule has 6 nitrogen and oxygen atoms in total. The van der Waals surface area contributed by atoms with Gasteiger partial charge in [-0.3, -0.25) is 9.59 Å². The highest BCUT2D eigenvalue weighted by molar-refractivity contribution is 5.76. The molecule has 2 atom stereocenters. The Bertz CT molecular complexity index is 867. The van der Waals surface area contributed by atoms with Crippen LogP contribution in [0.4, 0.5) is 0 Å². The number of hydrogen-bond acceptors (Lipinski definition) is 5. The molecule has 0 bridgehead atoms. The fraction of sp³-hybridized carbons (Fsp3) is 0.964. The molecule has 1 amide bonds. The zero-order chi connectivity index (χ0) is 44.4. The molecule has 364 valence electrons. The number of amides is 1. The van der Waals surface area contributed by atoms with Gasteiger partial charge in [-0.15, -0.1) is 0 Å². The topological polar surface area (TPSA) is 95.9 Å². The Morgan fingerprint density at radius 1 is 0.393 bits per heavy atom. The van der Waals surface area contributed by atoms with E-state index in [1.54, 1.807) is 0 Å². The van der Waals surface area contributed by atoms with E-state index in [0.29, 0.717) is 25.9 Å². The summed E-state index contributed by atoms with van der Waals surface area (Å²) in [7, 11) is 0. The lowest BCUT2D eigenvalue weighted by atomic mass is 10.0. The lowest BCUT2D eigenvalue weighted by molar-refractivity contribution is -0.143. The van der Waals surface area contributed by atoms with Crippen LogP contribution in [0, 0.1) is 0 Å². The van der Waals surface area contributed by atoms with E-state index in [-0.39, 0.29) is 18.5 Å². The Hall–Kier alpha value is -1.14. The van der Waals surface area contributed by atoms with Crippen LogP contribution >= 0.6 is 0 Å². The van der Waals surface area contributed by atoms with Crippen molar-refractivity contribution >= 4 is 11.9 Å². The average Bonchev–Trinajstić information content (AvgIpc) is 3.26. The second-order valence-corrected chi connectivity index (χ2v) is 19.3. The first-order chi connectivity index (χ1) is 30.0. The summed E-state index contributed by atoms with van der Waals surface area (Å²) in [6.07, 6.45) is 58.2. The molecular formula is C55H109NO5. The van der Waals surface area contributed by atoms with Gasteiger partial charge >= 0.3 is 5.97 Å². The van der Waals surface area contributed by atoms with Gasteiger partial charge in [-0.2, -0.15) is 0 Å². The van der Waals surface area contributed by atoms with Gasteiger partial charge in [-0.25, -0.2) is 0 Å². The summed E-state index contributed by atoms with van der Waals surface area (Å²) < 4.78 is 5.46. The van der Waals surface area contributed by atoms with Gasteiger partial charge in [0.25, 0.3) is 0 Å². The molecule has 0 heterocycles.